The molecule has 0 radical (unpaired) electrons. The minimum absolute atomic E-state index is 0.0978. The van der Waals surface area contributed by atoms with Crippen LogP contribution in [0.15, 0.2) is 24.3 Å². The molecule has 0 amide bonds. The summed E-state index contributed by atoms with van der Waals surface area (Å²) in [6, 6.07) is 5.76. The van der Waals surface area contributed by atoms with E-state index in [1.165, 1.54) is 44.2 Å². The van der Waals surface area contributed by atoms with Crippen molar-refractivity contribution in [1.82, 2.24) is 4.90 Å². The summed E-state index contributed by atoms with van der Waals surface area (Å²) in [5.41, 5.74) is 0.607. The molecule has 2 nitrogen and oxygen atoms in total. The number of rotatable bonds is 3. The summed E-state index contributed by atoms with van der Waals surface area (Å²) >= 11 is 0. The molecule has 0 aliphatic carbocycles. The summed E-state index contributed by atoms with van der Waals surface area (Å²) in [7, 11) is 0. The smallest absolute Gasteiger partial charge is 0.179 e. The van der Waals surface area contributed by atoms with E-state index in [1.54, 1.807) is 12.1 Å². The highest BCUT2D eigenvalue weighted by molar-refractivity contribution is 5.99. The maximum absolute atomic E-state index is 12.9. The Morgan fingerprint density at radius 3 is 2.16 bits per heavy atom. The average Bonchev–Trinajstić information content (AvgIpc) is 2.38. The van der Waals surface area contributed by atoms with E-state index in [0.29, 0.717) is 5.56 Å². The van der Waals surface area contributed by atoms with Crippen LogP contribution in [0.5, 0.6) is 0 Å². The lowest BCUT2D eigenvalue weighted by molar-refractivity contribution is 0.0826. The van der Waals surface area contributed by atoms with E-state index in [4.69, 9.17) is 0 Å². The van der Waals surface area contributed by atoms with Gasteiger partial charge in [0.05, 0.1) is 6.04 Å². The van der Waals surface area contributed by atoms with Gasteiger partial charge in [0.1, 0.15) is 5.82 Å². The number of nitrogens with zero attached hydrogens (tertiary/aromatic N) is 1. The molecule has 0 spiro atoms. The van der Waals surface area contributed by atoms with Gasteiger partial charge in [-0.05, 0) is 57.1 Å². The van der Waals surface area contributed by atoms with Crippen molar-refractivity contribution in [2.45, 2.75) is 45.1 Å². The molecule has 1 heterocycles. The van der Waals surface area contributed by atoms with Gasteiger partial charge in [-0.1, -0.05) is 19.3 Å². The van der Waals surface area contributed by atoms with Gasteiger partial charge in [-0.15, -0.1) is 0 Å². The van der Waals surface area contributed by atoms with Crippen LogP contribution >= 0.6 is 0 Å². The first-order valence-electron chi connectivity index (χ1n) is 7.22. The Hall–Kier alpha value is -1.22. The molecule has 1 aromatic rings. The zero-order valence-corrected chi connectivity index (χ0v) is 11.6. The number of hydrogen-bond acceptors (Lipinski definition) is 2. The highest BCUT2D eigenvalue weighted by Gasteiger charge is 2.22. The molecule has 0 bridgehead atoms. The van der Waals surface area contributed by atoms with Crippen molar-refractivity contribution in [2.24, 2.45) is 0 Å². The van der Waals surface area contributed by atoms with Crippen molar-refractivity contribution in [1.29, 1.82) is 0 Å². The van der Waals surface area contributed by atoms with Crippen LogP contribution in [0, 0.1) is 5.82 Å². The molecule has 0 N–H and O–H groups in total. The van der Waals surface area contributed by atoms with Crippen LogP contribution < -0.4 is 0 Å². The SMILES string of the molecule is CC(C(=O)c1ccc(F)cc1)N1CCCCCCC1. The van der Waals surface area contributed by atoms with Crippen LogP contribution in [-0.4, -0.2) is 29.8 Å². The average molecular weight is 263 g/mol. The van der Waals surface area contributed by atoms with Gasteiger partial charge in [0.25, 0.3) is 0 Å². The van der Waals surface area contributed by atoms with Crippen LogP contribution in [-0.2, 0) is 0 Å². The Labute approximate surface area is 114 Å². The van der Waals surface area contributed by atoms with Crippen molar-refractivity contribution >= 4 is 5.78 Å². The summed E-state index contributed by atoms with van der Waals surface area (Å²) in [5, 5.41) is 0. The lowest BCUT2D eigenvalue weighted by atomic mass is 10.0. The lowest BCUT2D eigenvalue weighted by Crippen LogP contribution is -2.40. The number of halogens is 1. The van der Waals surface area contributed by atoms with Crippen LogP contribution in [0.2, 0.25) is 0 Å². The first kappa shape index (κ1) is 14.2. The molecule has 1 fully saturated rings. The number of carbonyl (C=O) groups is 1. The van der Waals surface area contributed by atoms with Crippen molar-refractivity contribution in [3.63, 3.8) is 0 Å². The fourth-order valence-electron chi connectivity index (χ4n) is 2.68. The number of carbonyl (C=O) groups excluding carboxylic acids is 1. The Morgan fingerprint density at radius 1 is 1.05 bits per heavy atom. The molecule has 0 saturated carbocycles. The van der Waals surface area contributed by atoms with Gasteiger partial charge < -0.3 is 0 Å². The molecular formula is C16H22FNO. The van der Waals surface area contributed by atoms with Crippen LogP contribution in [0.1, 0.15) is 49.4 Å². The molecule has 1 unspecified atom stereocenters. The predicted molar refractivity (Wildman–Crippen MR) is 74.9 cm³/mol. The van der Waals surface area contributed by atoms with E-state index in [-0.39, 0.29) is 17.6 Å². The number of benzene rings is 1. The van der Waals surface area contributed by atoms with Crippen LogP contribution in [0.3, 0.4) is 0 Å². The van der Waals surface area contributed by atoms with Crippen molar-refractivity contribution in [2.75, 3.05) is 13.1 Å². The standard InChI is InChI=1S/C16H22FNO/c1-13(18-11-5-3-2-4-6-12-18)16(19)14-7-9-15(17)10-8-14/h7-10,13H,2-6,11-12H2,1H3. The highest BCUT2D eigenvalue weighted by Crippen LogP contribution is 2.16. The van der Waals surface area contributed by atoms with Crippen molar-refractivity contribution < 1.29 is 9.18 Å². The summed E-state index contributed by atoms with van der Waals surface area (Å²) in [5.74, 6) is -0.198. The fourth-order valence-corrected chi connectivity index (χ4v) is 2.68. The topological polar surface area (TPSA) is 20.3 Å². The molecule has 1 aliphatic heterocycles. The van der Waals surface area contributed by atoms with E-state index < -0.39 is 0 Å². The van der Waals surface area contributed by atoms with Crippen molar-refractivity contribution in [3.8, 4) is 0 Å². The molecule has 1 atom stereocenters. The Kier molecular flexibility index (Phi) is 5.08. The van der Waals surface area contributed by atoms with E-state index in [2.05, 4.69) is 4.90 Å². The summed E-state index contributed by atoms with van der Waals surface area (Å²) in [4.78, 5) is 14.7. The monoisotopic (exact) mass is 263 g/mol. The molecule has 1 aromatic carbocycles. The molecule has 1 saturated heterocycles. The van der Waals surface area contributed by atoms with Gasteiger partial charge in [-0.3, -0.25) is 9.69 Å². The fraction of sp³-hybridized carbons (Fsp3) is 0.562. The third-order valence-electron chi connectivity index (χ3n) is 3.95. The second-order valence-corrected chi connectivity index (χ2v) is 5.35. The largest absolute Gasteiger partial charge is 0.294 e. The van der Waals surface area contributed by atoms with Crippen LogP contribution in [0.25, 0.3) is 0 Å². The molecule has 104 valence electrons. The molecule has 19 heavy (non-hydrogen) atoms. The van der Waals surface area contributed by atoms with Crippen molar-refractivity contribution in [3.05, 3.63) is 35.6 Å². The van der Waals surface area contributed by atoms with Gasteiger partial charge in [-0.2, -0.15) is 0 Å². The first-order valence-corrected chi connectivity index (χ1v) is 7.22. The number of ketones is 1. The van der Waals surface area contributed by atoms with Gasteiger partial charge in [0, 0.05) is 5.56 Å². The third-order valence-corrected chi connectivity index (χ3v) is 3.95. The molecule has 2 rings (SSSR count). The number of Topliss-reactive ketones (excluding diaryl/α,β-unsaturated/α-hetero) is 1. The maximum Gasteiger partial charge on any atom is 0.179 e. The van der Waals surface area contributed by atoms with Gasteiger partial charge in [0.2, 0.25) is 0 Å². The van der Waals surface area contributed by atoms with Gasteiger partial charge >= 0.3 is 0 Å². The lowest BCUT2D eigenvalue weighted by Gasteiger charge is -2.29. The normalized spacial score (nSPS) is 19.5. The van der Waals surface area contributed by atoms with E-state index in [0.717, 1.165) is 13.1 Å². The maximum atomic E-state index is 12.9. The number of likely N-dealkylation sites (tertiary alicyclic amines) is 1. The number of hydrogen-bond donors (Lipinski definition) is 0. The molecule has 1 aliphatic rings. The van der Waals surface area contributed by atoms with E-state index in [9.17, 15) is 9.18 Å². The first-order chi connectivity index (χ1) is 9.18. The summed E-state index contributed by atoms with van der Waals surface area (Å²) in [6.07, 6.45) is 6.16. The predicted octanol–water partition coefficient (Wildman–Crippen LogP) is 3.66. The molecule has 0 aromatic heterocycles. The van der Waals surface area contributed by atoms with Gasteiger partial charge in [0.15, 0.2) is 5.78 Å². The Bertz CT molecular complexity index is 407. The van der Waals surface area contributed by atoms with E-state index >= 15 is 0 Å². The second-order valence-electron chi connectivity index (χ2n) is 5.35. The van der Waals surface area contributed by atoms with Gasteiger partial charge in [-0.25, -0.2) is 4.39 Å². The Morgan fingerprint density at radius 2 is 1.58 bits per heavy atom. The summed E-state index contributed by atoms with van der Waals surface area (Å²) in [6.45, 7) is 3.95. The third kappa shape index (κ3) is 3.87. The quantitative estimate of drug-likeness (QED) is 0.776. The highest BCUT2D eigenvalue weighted by atomic mass is 19.1. The van der Waals surface area contributed by atoms with Crippen LogP contribution in [0.4, 0.5) is 4.39 Å². The second kappa shape index (κ2) is 6.80. The molecular weight excluding hydrogens is 241 g/mol. The minimum atomic E-state index is -0.296. The minimum Gasteiger partial charge on any atom is -0.294 e. The zero-order valence-electron chi connectivity index (χ0n) is 11.6. The zero-order chi connectivity index (χ0) is 13.7. The Balaban J connectivity index is 2.02. The summed E-state index contributed by atoms with van der Waals surface area (Å²) < 4.78 is 12.9. The van der Waals surface area contributed by atoms with E-state index in [1.807, 2.05) is 6.92 Å². The molecule has 3 heteroatoms.